The standard InChI is InChI=1S/C11H11F3N4/c1-7-8(6-16-18-7)5-15-10-4-2-3-9(17-10)11(12,13)14/h2-4,6H,5H2,1H3,(H,15,17)(H,16,18). The van der Waals surface area contributed by atoms with Gasteiger partial charge in [0.15, 0.2) is 0 Å². The Bertz CT molecular complexity index is 533. The van der Waals surface area contributed by atoms with Gasteiger partial charge in [-0.25, -0.2) is 4.98 Å². The molecular formula is C11H11F3N4. The minimum atomic E-state index is -4.43. The average molecular weight is 256 g/mol. The Labute approximate surface area is 101 Å². The number of hydrogen-bond acceptors (Lipinski definition) is 3. The molecule has 0 aliphatic heterocycles. The van der Waals surface area contributed by atoms with Crippen LogP contribution in [0.5, 0.6) is 0 Å². The van der Waals surface area contributed by atoms with Crippen LogP contribution in [0.25, 0.3) is 0 Å². The third-order valence-corrected chi connectivity index (χ3v) is 2.43. The molecule has 0 aliphatic carbocycles. The number of halogens is 3. The van der Waals surface area contributed by atoms with Crippen LogP contribution >= 0.6 is 0 Å². The number of nitrogens with one attached hydrogen (secondary N) is 2. The molecule has 7 heteroatoms. The van der Waals surface area contributed by atoms with Crippen LogP contribution < -0.4 is 5.32 Å². The second-order valence-corrected chi connectivity index (χ2v) is 3.78. The van der Waals surface area contributed by atoms with E-state index in [0.29, 0.717) is 6.54 Å². The maximum Gasteiger partial charge on any atom is 0.433 e. The molecule has 2 N–H and O–H groups in total. The summed E-state index contributed by atoms with van der Waals surface area (Å²) in [5.74, 6) is 0.186. The maximum absolute atomic E-state index is 12.4. The van der Waals surface area contributed by atoms with Gasteiger partial charge >= 0.3 is 6.18 Å². The van der Waals surface area contributed by atoms with Crippen molar-refractivity contribution in [1.29, 1.82) is 0 Å². The summed E-state index contributed by atoms with van der Waals surface area (Å²) in [5, 5.41) is 9.40. The predicted octanol–water partition coefficient (Wildman–Crippen LogP) is 2.74. The number of pyridine rings is 1. The van der Waals surface area contributed by atoms with Crippen molar-refractivity contribution in [2.24, 2.45) is 0 Å². The zero-order valence-electron chi connectivity index (χ0n) is 9.54. The highest BCUT2D eigenvalue weighted by Crippen LogP contribution is 2.28. The number of anilines is 1. The second-order valence-electron chi connectivity index (χ2n) is 3.78. The van der Waals surface area contributed by atoms with Gasteiger partial charge in [-0.3, -0.25) is 5.10 Å². The third kappa shape index (κ3) is 2.79. The van der Waals surface area contributed by atoms with E-state index in [2.05, 4.69) is 20.5 Å². The van der Waals surface area contributed by atoms with Crippen LogP contribution in [0.3, 0.4) is 0 Å². The lowest BCUT2D eigenvalue weighted by molar-refractivity contribution is -0.141. The van der Waals surface area contributed by atoms with Crippen molar-refractivity contribution >= 4 is 5.82 Å². The van der Waals surface area contributed by atoms with Crippen LogP contribution in [-0.4, -0.2) is 15.2 Å². The highest BCUT2D eigenvalue weighted by Gasteiger charge is 2.32. The summed E-state index contributed by atoms with van der Waals surface area (Å²) in [4.78, 5) is 3.51. The Hall–Kier alpha value is -2.05. The van der Waals surface area contributed by atoms with Gasteiger partial charge in [-0.2, -0.15) is 18.3 Å². The smallest absolute Gasteiger partial charge is 0.366 e. The van der Waals surface area contributed by atoms with Crippen molar-refractivity contribution in [2.75, 3.05) is 5.32 Å². The summed E-state index contributed by atoms with van der Waals surface area (Å²) in [7, 11) is 0. The molecule has 2 heterocycles. The fraction of sp³-hybridized carbons (Fsp3) is 0.273. The Morgan fingerprint density at radius 2 is 2.11 bits per heavy atom. The van der Waals surface area contributed by atoms with Crippen LogP contribution in [0, 0.1) is 6.92 Å². The summed E-state index contributed by atoms with van der Waals surface area (Å²) in [5.41, 5.74) is 0.847. The second kappa shape index (κ2) is 4.67. The average Bonchev–Trinajstić information content (AvgIpc) is 2.72. The van der Waals surface area contributed by atoms with Gasteiger partial charge in [0, 0.05) is 17.8 Å². The Morgan fingerprint density at radius 1 is 1.33 bits per heavy atom. The number of aromatic nitrogens is 3. The fourth-order valence-corrected chi connectivity index (χ4v) is 1.43. The van der Waals surface area contributed by atoms with E-state index in [0.717, 1.165) is 17.3 Å². The van der Waals surface area contributed by atoms with Gasteiger partial charge in [-0.05, 0) is 19.1 Å². The first-order chi connectivity index (χ1) is 8.47. The van der Waals surface area contributed by atoms with Crippen molar-refractivity contribution in [3.05, 3.63) is 41.3 Å². The SMILES string of the molecule is Cc1[nH]ncc1CNc1cccc(C(F)(F)F)n1. The highest BCUT2D eigenvalue weighted by atomic mass is 19.4. The third-order valence-electron chi connectivity index (χ3n) is 2.43. The molecule has 0 amide bonds. The molecule has 0 unspecified atom stereocenters. The van der Waals surface area contributed by atoms with E-state index >= 15 is 0 Å². The molecule has 0 bridgehead atoms. The quantitative estimate of drug-likeness (QED) is 0.887. The molecule has 2 rings (SSSR count). The largest absolute Gasteiger partial charge is 0.433 e. The minimum Gasteiger partial charge on any atom is -0.366 e. The minimum absolute atomic E-state index is 0.186. The monoisotopic (exact) mass is 256 g/mol. The molecule has 0 fully saturated rings. The van der Waals surface area contributed by atoms with Gasteiger partial charge in [-0.15, -0.1) is 0 Å². The van der Waals surface area contributed by atoms with E-state index in [1.165, 1.54) is 12.1 Å². The molecule has 0 saturated carbocycles. The van der Waals surface area contributed by atoms with E-state index in [1.807, 2.05) is 6.92 Å². The van der Waals surface area contributed by atoms with E-state index < -0.39 is 11.9 Å². The fourth-order valence-electron chi connectivity index (χ4n) is 1.43. The van der Waals surface area contributed by atoms with Crippen LogP contribution in [0.2, 0.25) is 0 Å². The van der Waals surface area contributed by atoms with Crippen molar-refractivity contribution in [2.45, 2.75) is 19.6 Å². The number of aromatic amines is 1. The van der Waals surface area contributed by atoms with Crippen molar-refractivity contribution in [3.63, 3.8) is 0 Å². The van der Waals surface area contributed by atoms with Crippen LogP contribution in [0.4, 0.5) is 19.0 Å². The number of aryl methyl sites for hydroxylation is 1. The van der Waals surface area contributed by atoms with Gasteiger partial charge in [0.05, 0.1) is 6.20 Å². The van der Waals surface area contributed by atoms with Crippen molar-refractivity contribution in [3.8, 4) is 0 Å². The molecule has 0 saturated heterocycles. The molecule has 0 spiro atoms. The Balaban J connectivity index is 2.09. The van der Waals surface area contributed by atoms with Crippen LogP contribution in [0.1, 0.15) is 17.0 Å². The summed E-state index contributed by atoms with van der Waals surface area (Å²) in [6.45, 7) is 2.21. The first-order valence-corrected chi connectivity index (χ1v) is 5.24. The van der Waals surface area contributed by atoms with E-state index in [9.17, 15) is 13.2 Å². The van der Waals surface area contributed by atoms with Gasteiger partial charge in [0.1, 0.15) is 11.5 Å². The molecule has 0 atom stereocenters. The highest BCUT2D eigenvalue weighted by molar-refractivity contribution is 5.37. The molecule has 2 aromatic rings. The van der Waals surface area contributed by atoms with E-state index in [-0.39, 0.29) is 5.82 Å². The van der Waals surface area contributed by atoms with Crippen LogP contribution in [0.15, 0.2) is 24.4 Å². The number of H-pyrrole nitrogens is 1. The lowest BCUT2D eigenvalue weighted by Crippen LogP contribution is -2.10. The molecule has 96 valence electrons. The summed E-state index contributed by atoms with van der Waals surface area (Å²) in [6.07, 6.45) is -2.81. The number of alkyl halides is 3. The molecule has 18 heavy (non-hydrogen) atoms. The molecule has 0 aromatic carbocycles. The summed E-state index contributed by atoms with van der Waals surface area (Å²) in [6, 6.07) is 3.75. The topological polar surface area (TPSA) is 53.6 Å². The Morgan fingerprint density at radius 3 is 2.72 bits per heavy atom. The molecule has 0 radical (unpaired) electrons. The summed E-state index contributed by atoms with van der Waals surface area (Å²) >= 11 is 0. The van der Waals surface area contributed by atoms with E-state index in [4.69, 9.17) is 0 Å². The zero-order chi connectivity index (χ0) is 13.2. The summed E-state index contributed by atoms with van der Waals surface area (Å²) < 4.78 is 37.3. The van der Waals surface area contributed by atoms with Crippen molar-refractivity contribution < 1.29 is 13.2 Å². The molecule has 4 nitrogen and oxygen atoms in total. The lowest BCUT2D eigenvalue weighted by atomic mass is 10.2. The first-order valence-electron chi connectivity index (χ1n) is 5.24. The number of rotatable bonds is 3. The molecular weight excluding hydrogens is 245 g/mol. The normalized spacial score (nSPS) is 11.6. The van der Waals surface area contributed by atoms with Gasteiger partial charge in [-0.1, -0.05) is 6.07 Å². The lowest BCUT2D eigenvalue weighted by Gasteiger charge is -2.09. The van der Waals surface area contributed by atoms with Crippen LogP contribution in [-0.2, 0) is 12.7 Å². The van der Waals surface area contributed by atoms with Gasteiger partial charge < -0.3 is 5.32 Å². The van der Waals surface area contributed by atoms with E-state index in [1.54, 1.807) is 6.20 Å². The van der Waals surface area contributed by atoms with Crippen molar-refractivity contribution in [1.82, 2.24) is 15.2 Å². The first kappa shape index (κ1) is 12.4. The number of hydrogen-bond donors (Lipinski definition) is 2. The maximum atomic E-state index is 12.4. The predicted molar refractivity (Wildman–Crippen MR) is 59.9 cm³/mol. The van der Waals surface area contributed by atoms with Gasteiger partial charge in [0.25, 0.3) is 0 Å². The Kier molecular flexibility index (Phi) is 3.22. The van der Waals surface area contributed by atoms with Gasteiger partial charge in [0.2, 0.25) is 0 Å². The number of nitrogens with zero attached hydrogens (tertiary/aromatic N) is 2. The molecule has 0 aliphatic rings. The molecule has 2 aromatic heterocycles. The zero-order valence-corrected chi connectivity index (χ0v) is 9.54.